The van der Waals surface area contributed by atoms with Crippen LogP contribution in [0.4, 0.5) is 0 Å². The van der Waals surface area contributed by atoms with Crippen LogP contribution in [0.2, 0.25) is 0 Å². The van der Waals surface area contributed by atoms with E-state index in [1.165, 1.54) is 71.5 Å². The number of para-hydroxylation sites is 4. The van der Waals surface area contributed by atoms with E-state index in [0.717, 1.165) is 39.5 Å². The molecule has 2 aromatic heterocycles. The van der Waals surface area contributed by atoms with Gasteiger partial charge in [-0.3, -0.25) is 0 Å². The van der Waals surface area contributed by atoms with Crippen LogP contribution in [0.1, 0.15) is 22.3 Å². The number of hydrogen-bond acceptors (Lipinski definition) is 1. The van der Waals surface area contributed by atoms with Gasteiger partial charge in [-0.15, -0.1) is 0 Å². The van der Waals surface area contributed by atoms with Gasteiger partial charge in [0.2, 0.25) is 0 Å². The van der Waals surface area contributed by atoms with Crippen LogP contribution < -0.4 is 4.74 Å². The van der Waals surface area contributed by atoms with E-state index in [2.05, 4.69) is 215 Å². The Bertz CT molecular complexity index is 3450. The molecule has 0 radical (unpaired) electrons. The summed E-state index contributed by atoms with van der Waals surface area (Å²) in [6.07, 6.45) is 0. The van der Waals surface area contributed by atoms with Crippen LogP contribution in [-0.2, 0) is 5.41 Å². The zero-order chi connectivity index (χ0) is 38.0. The second-order valence-corrected chi connectivity index (χ2v) is 15.6. The highest BCUT2D eigenvalue weighted by molar-refractivity contribution is 6.18. The quantitative estimate of drug-likeness (QED) is 0.177. The van der Waals surface area contributed by atoms with Gasteiger partial charge in [-0.2, -0.15) is 0 Å². The molecular formula is C55H34N2O. The number of rotatable bonds is 3. The fourth-order valence-corrected chi connectivity index (χ4v) is 10.6. The van der Waals surface area contributed by atoms with E-state index < -0.39 is 5.41 Å². The molecule has 13 rings (SSSR count). The lowest BCUT2D eigenvalue weighted by Gasteiger charge is -2.39. The van der Waals surface area contributed by atoms with Gasteiger partial charge in [-0.25, -0.2) is 0 Å². The molecule has 3 nitrogen and oxygen atoms in total. The van der Waals surface area contributed by atoms with E-state index >= 15 is 0 Å². The minimum absolute atomic E-state index is 0.503. The van der Waals surface area contributed by atoms with Crippen molar-refractivity contribution in [3.63, 3.8) is 0 Å². The average Bonchev–Trinajstić information content (AvgIpc) is 3.92. The van der Waals surface area contributed by atoms with E-state index in [1.54, 1.807) is 0 Å². The first-order valence-corrected chi connectivity index (χ1v) is 20.0. The number of hydrogen-bond donors (Lipinski definition) is 0. The van der Waals surface area contributed by atoms with Crippen LogP contribution in [0.3, 0.4) is 0 Å². The third kappa shape index (κ3) is 4.02. The molecule has 0 atom stereocenters. The molecule has 0 bridgehead atoms. The van der Waals surface area contributed by atoms with Crippen LogP contribution in [0.15, 0.2) is 206 Å². The van der Waals surface area contributed by atoms with E-state index in [1.807, 2.05) is 0 Å². The summed E-state index contributed by atoms with van der Waals surface area (Å²) in [5, 5.41) is 4.90. The molecule has 3 heterocycles. The molecule has 3 heteroatoms. The van der Waals surface area contributed by atoms with Crippen molar-refractivity contribution in [2.75, 3.05) is 0 Å². The Morgan fingerprint density at radius 1 is 0.362 bits per heavy atom. The van der Waals surface area contributed by atoms with Crippen molar-refractivity contribution in [2.24, 2.45) is 0 Å². The van der Waals surface area contributed by atoms with E-state index in [0.29, 0.717) is 0 Å². The number of aromatic nitrogens is 2. The lowest BCUT2D eigenvalue weighted by atomic mass is 9.66. The normalized spacial score (nSPS) is 13.4. The van der Waals surface area contributed by atoms with Crippen LogP contribution in [0, 0.1) is 0 Å². The van der Waals surface area contributed by atoms with Gasteiger partial charge in [0, 0.05) is 50.0 Å². The van der Waals surface area contributed by atoms with Crippen LogP contribution in [0.25, 0.3) is 77.2 Å². The van der Waals surface area contributed by atoms with Crippen molar-refractivity contribution in [1.82, 2.24) is 9.13 Å². The Hall–Kier alpha value is -7.62. The molecule has 270 valence electrons. The minimum atomic E-state index is -0.503. The number of fused-ring (bicyclic) bond motifs is 15. The molecule has 0 fully saturated rings. The Labute approximate surface area is 335 Å². The summed E-state index contributed by atoms with van der Waals surface area (Å²) >= 11 is 0. The standard InChI is InChI=1S/C55H34N2O/c1-2-16-35(17-3-1)37-22-14-23-41-40-20-6-11-27-47(40)57(54(37)41)50-30-15-29-49-53(50)42-21-7-12-28-48(42)56(49)36-32-33-46-52(34-36)58-51-31-13-10-26-45(51)55(46)43-24-8-4-18-38(43)39-19-5-9-25-44(39)55/h1-34H. The maximum absolute atomic E-state index is 6.97. The van der Waals surface area contributed by atoms with Crippen molar-refractivity contribution in [3.05, 3.63) is 229 Å². The van der Waals surface area contributed by atoms with E-state index in [4.69, 9.17) is 4.74 Å². The molecule has 0 N–H and O–H groups in total. The first kappa shape index (κ1) is 31.6. The van der Waals surface area contributed by atoms with E-state index in [-0.39, 0.29) is 0 Å². The number of benzene rings is 9. The van der Waals surface area contributed by atoms with Crippen LogP contribution in [0.5, 0.6) is 11.5 Å². The molecule has 58 heavy (non-hydrogen) atoms. The number of nitrogens with zero attached hydrogens (tertiary/aromatic N) is 2. The lowest BCUT2D eigenvalue weighted by molar-refractivity contribution is 0.436. The highest BCUT2D eigenvalue weighted by atomic mass is 16.5. The summed E-state index contributed by atoms with van der Waals surface area (Å²) in [5.41, 5.74) is 16.3. The summed E-state index contributed by atoms with van der Waals surface area (Å²) in [6, 6.07) is 75.2. The fraction of sp³-hybridized carbons (Fsp3) is 0.0182. The Balaban J connectivity index is 1.09. The summed E-state index contributed by atoms with van der Waals surface area (Å²) in [7, 11) is 0. The highest BCUT2D eigenvalue weighted by Gasteiger charge is 2.51. The molecule has 1 aliphatic carbocycles. The Kier molecular flexibility index (Phi) is 6.37. The zero-order valence-corrected chi connectivity index (χ0v) is 31.4. The molecule has 0 saturated carbocycles. The third-order valence-corrected chi connectivity index (χ3v) is 12.8. The van der Waals surface area contributed by atoms with Gasteiger partial charge in [0.25, 0.3) is 0 Å². The van der Waals surface area contributed by atoms with Crippen molar-refractivity contribution in [2.45, 2.75) is 5.41 Å². The summed E-state index contributed by atoms with van der Waals surface area (Å²) < 4.78 is 11.9. The first-order chi connectivity index (χ1) is 28.8. The fourth-order valence-electron chi connectivity index (χ4n) is 10.6. The van der Waals surface area contributed by atoms with Crippen molar-refractivity contribution in [3.8, 4) is 45.1 Å². The maximum Gasteiger partial charge on any atom is 0.134 e. The topological polar surface area (TPSA) is 19.1 Å². The van der Waals surface area contributed by atoms with Crippen LogP contribution in [-0.4, -0.2) is 9.13 Å². The largest absolute Gasteiger partial charge is 0.457 e. The van der Waals surface area contributed by atoms with Gasteiger partial charge in [0.05, 0.1) is 33.2 Å². The second kappa shape index (κ2) is 11.7. The van der Waals surface area contributed by atoms with Gasteiger partial charge in [-0.1, -0.05) is 164 Å². The minimum Gasteiger partial charge on any atom is -0.457 e. The smallest absolute Gasteiger partial charge is 0.134 e. The molecule has 0 unspecified atom stereocenters. The Morgan fingerprint density at radius 3 is 1.72 bits per heavy atom. The molecule has 11 aromatic rings. The number of ether oxygens (including phenoxy) is 1. The molecule has 2 aliphatic rings. The van der Waals surface area contributed by atoms with Gasteiger partial charge in [0.15, 0.2) is 0 Å². The molecular weight excluding hydrogens is 705 g/mol. The molecule has 1 aliphatic heterocycles. The van der Waals surface area contributed by atoms with Gasteiger partial charge >= 0.3 is 0 Å². The second-order valence-electron chi connectivity index (χ2n) is 15.6. The lowest BCUT2D eigenvalue weighted by Crippen LogP contribution is -2.32. The summed E-state index contributed by atoms with van der Waals surface area (Å²) in [5.74, 6) is 1.77. The molecule has 9 aromatic carbocycles. The zero-order valence-electron chi connectivity index (χ0n) is 31.4. The Morgan fingerprint density at radius 2 is 0.931 bits per heavy atom. The van der Waals surface area contributed by atoms with Gasteiger partial charge in [0.1, 0.15) is 11.5 Å². The maximum atomic E-state index is 6.97. The highest BCUT2D eigenvalue weighted by Crippen LogP contribution is 2.62. The van der Waals surface area contributed by atoms with Gasteiger partial charge < -0.3 is 13.9 Å². The van der Waals surface area contributed by atoms with E-state index in [9.17, 15) is 0 Å². The monoisotopic (exact) mass is 738 g/mol. The summed E-state index contributed by atoms with van der Waals surface area (Å²) in [6.45, 7) is 0. The van der Waals surface area contributed by atoms with Crippen molar-refractivity contribution >= 4 is 43.6 Å². The SMILES string of the molecule is c1ccc(-c2cccc3c4ccccc4n(-c4cccc5c4c4ccccc4n5-c4ccc5c(c4)Oc4ccccc4C54c5ccccc5-c5ccccc54)c23)cc1. The van der Waals surface area contributed by atoms with Gasteiger partial charge in [-0.05, 0) is 64.2 Å². The predicted molar refractivity (Wildman–Crippen MR) is 238 cm³/mol. The average molecular weight is 739 g/mol. The molecule has 1 spiro atoms. The molecule has 0 amide bonds. The van der Waals surface area contributed by atoms with Crippen molar-refractivity contribution < 1.29 is 4.74 Å². The summed E-state index contributed by atoms with van der Waals surface area (Å²) in [4.78, 5) is 0. The van der Waals surface area contributed by atoms with Crippen LogP contribution >= 0.6 is 0 Å². The van der Waals surface area contributed by atoms with Crippen molar-refractivity contribution in [1.29, 1.82) is 0 Å². The first-order valence-electron chi connectivity index (χ1n) is 20.0. The molecule has 0 saturated heterocycles. The third-order valence-electron chi connectivity index (χ3n) is 12.8. The predicted octanol–water partition coefficient (Wildman–Crippen LogP) is 14.0.